The van der Waals surface area contributed by atoms with E-state index in [1.54, 1.807) is 0 Å². The fourth-order valence-electron chi connectivity index (χ4n) is 4.49. The van der Waals surface area contributed by atoms with Crippen LogP contribution in [0.5, 0.6) is 0 Å². The maximum Gasteiger partial charge on any atom is 0.252 e. The van der Waals surface area contributed by atoms with Gasteiger partial charge < -0.3 is 4.11 Å². The highest BCUT2D eigenvalue weighted by atomic mass is 28.4. The third-order valence-electron chi connectivity index (χ3n) is 6.36. The normalized spacial score (nSPS) is 18.9. The van der Waals surface area contributed by atoms with Gasteiger partial charge in [-0.25, -0.2) is 0 Å². The lowest BCUT2D eigenvalue weighted by Crippen LogP contribution is -2.38. The molecular formula is C23H35FOSi. The van der Waals surface area contributed by atoms with Crippen molar-refractivity contribution in [2.75, 3.05) is 0 Å². The Hall–Kier alpha value is -1.22. The molecule has 26 heavy (non-hydrogen) atoms. The summed E-state index contributed by atoms with van der Waals surface area (Å²) in [4.78, 5) is 12.8. The standard InChI is InChI=1S/C23H35FOSi/c1-6-9-19(16-26(24,17(2)3)18(4)5)12-13-21-15-14-20-10-7-8-11-22(20)23(21)25/h6-8,10-11,17-19,21H,1,9,12-16H2,2-5H3. The van der Waals surface area contributed by atoms with Crippen LogP contribution in [0.1, 0.15) is 69.3 Å². The highest BCUT2D eigenvalue weighted by Crippen LogP contribution is 2.42. The molecule has 0 N–H and O–H groups in total. The Morgan fingerprint density at radius 1 is 1.23 bits per heavy atom. The summed E-state index contributed by atoms with van der Waals surface area (Å²) in [6.45, 7) is 12.0. The van der Waals surface area contributed by atoms with Crippen LogP contribution in [0.3, 0.4) is 0 Å². The van der Waals surface area contributed by atoms with Crippen molar-refractivity contribution in [3.8, 4) is 0 Å². The molecule has 0 amide bonds. The van der Waals surface area contributed by atoms with Crippen molar-refractivity contribution < 1.29 is 8.90 Å². The molecule has 144 valence electrons. The average Bonchev–Trinajstić information content (AvgIpc) is 2.61. The van der Waals surface area contributed by atoms with E-state index < -0.39 is 8.41 Å². The van der Waals surface area contributed by atoms with Crippen LogP contribution in [0.4, 0.5) is 4.11 Å². The van der Waals surface area contributed by atoms with Gasteiger partial charge in [0.15, 0.2) is 5.78 Å². The van der Waals surface area contributed by atoms with Crippen molar-refractivity contribution >= 4 is 14.2 Å². The Morgan fingerprint density at radius 2 is 1.88 bits per heavy atom. The molecular weight excluding hydrogens is 339 g/mol. The second-order valence-electron chi connectivity index (χ2n) is 8.67. The summed E-state index contributed by atoms with van der Waals surface area (Å²) in [7, 11) is -2.80. The van der Waals surface area contributed by atoms with E-state index in [1.165, 1.54) is 5.56 Å². The van der Waals surface area contributed by atoms with Crippen LogP contribution in [0.2, 0.25) is 17.1 Å². The lowest BCUT2D eigenvalue weighted by molar-refractivity contribution is 0.0890. The van der Waals surface area contributed by atoms with Gasteiger partial charge in [-0.05, 0) is 60.7 Å². The molecule has 0 spiro atoms. The van der Waals surface area contributed by atoms with Crippen LogP contribution >= 0.6 is 0 Å². The molecule has 1 nitrogen and oxygen atoms in total. The minimum Gasteiger partial charge on any atom is -0.313 e. The molecule has 0 radical (unpaired) electrons. The zero-order valence-corrected chi connectivity index (χ0v) is 17.9. The lowest BCUT2D eigenvalue weighted by atomic mass is 9.79. The Labute approximate surface area is 160 Å². The molecule has 0 heterocycles. The molecule has 2 atom stereocenters. The first-order valence-electron chi connectivity index (χ1n) is 10.2. The minimum absolute atomic E-state index is 0.103. The molecule has 1 aromatic carbocycles. The molecule has 2 rings (SSSR count). The zero-order valence-electron chi connectivity index (χ0n) is 16.9. The monoisotopic (exact) mass is 374 g/mol. The highest BCUT2D eigenvalue weighted by Gasteiger charge is 2.43. The van der Waals surface area contributed by atoms with Crippen molar-refractivity contribution in [3.05, 3.63) is 48.0 Å². The molecule has 0 fully saturated rings. The summed E-state index contributed by atoms with van der Waals surface area (Å²) in [6.07, 6.45) is 6.52. The summed E-state index contributed by atoms with van der Waals surface area (Å²) in [6, 6.07) is 8.69. The Kier molecular flexibility index (Phi) is 7.39. The van der Waals surface area contributed by atoms with Crippen molar-refractivity contribution in [2.45, 2.75) is 76.9 Å². The van der Waals surface area contributed by atoms with Gasteiger partial charge in [0, 0.05) is 11.5 Å². The number of ketones is 1. The van der Waals surface area contributed by atoms with E-state index in [-0.39, 0.29) is 17.0 Å². The number of hydrogen-bond donors (Lipinski definition) is 0. The predicted octanol–water partition coefficient (Wildman–Crippen LogP) is 7.14. The topological polar surface area (TPSA) is 17.1 Å². The van der Waals surface area contributed by atoms with Gasteiger partial charge in [0.2, 0.25) is 0 Å². The summed E-state index contributed by atoms with van der Waals surface area (Å²) in [5.74, 6) is 0.714. The van der Waals surface area contributed by atoms with Crippen LogP contribution in [0.25, 0.3) is 0 Å². The Balaban J connectivity index is 2.03. The fourth-order valence-corrected chi connectivity index (χ4v) is 8.02. The number of hydrogen-bond acceptors (Lipinski definition) is 1. The molecule has 2 unspecified atom stereocenters. The first-order valence-corrected chi connectivity index (χ1v) is 12.5. The summed E-state index contributed by atoms with van der Waals surface area (Å²) in [5, 5.41) is 0. The second-order valence-corrected chi connectivity index (χ2v) is 13.2. The lowest BCUT2D eigenvalue weighted by Gasteiger charge is -2.34. The van der Waals surface area contributed by atoms with Crippen LogP contribution in [0, 0.1) is 11.8 Å². The molecule has 0 aromatic heterocycles. The number of carbonyl (C=O) groups excluding carboxylic acids is 1. The van der Waals surface area contributed by atoms with E-state index in [0.717, 1.165) is 37.7 Å². The SMILES string of the molecule is C=CCC(CCC1CCc2ccccc2C1=O)C[Si](F)(C(C)C)C(C)C. The van der Waals surface area contributed by atoms with E-state index in [1.807, 2.05) is 52.0 Å². The van der Waals surface area contributed by atoms with Crippen LogP contribution in [-0.4, -0.2) is 14.2 Å². The summed E-state index contributed by atoms with van der Waals surface area (Å²) >= 11 is 0. The number of Topliss-reactive ketones (excluding diaryl/α,β-unsaturated/α-hetero) is 1. The Bertz CT molecular complexity index is 614. The van der Waals surface area contributed by atoms with Crippen LogP contribution < -0.4 is 0 Å². The third kappa shape index (κ3) is 4.73. The number of benzene rings is 1. The van der Waals surface area contributed by atoms with E-state index in [9.17, 15) is 4.79 Å². The number of rotatable bonds is 9. The van der Waals surface area contributed by atoms with Crippen LogP contribution in [0.15, 0.2) is 36.9 Å². The average molecular weight is 375 g/mol. The van der Waals surface area contributed by atoms with Crippen molar-refractivity contribution in [3.63, 3.8) is 0 Å². The maximum absolute atomic E-state index is 15.7. The molecule has 0 saturated carbocycles. The molecule has 0 bridgehead atoms. The Morgan fingerprint density at radius 3 is 2.50 bits per heavy atom. The predicted molar refractivity (Wildman–Crippen MR) is 112 cm³/mol. The first kappa shape index (κ1) is 21.1. The van der Waals surface area contributed by atoms with Crippen molar-refractivity contribution in [2.24, 2.45) is 11.8 Å². The van der Waals surface area contributed by atoms with E-state index in [0.29, 0.717) is 17.7 Å². The maximum atomic E-state index is 15.7. The van der Waals surface area contributed by atoms with Gasteiger partial charge >= 0.3 is 0 Å². The summed E-state index contributed by atoms with van der Waals surface area (Å²) < 4.78 is 15.7. The van der Waals surface area contributed by atoms with Crippen molar-refractivity contribution in [1.82, 2.24) is 0 Å². The molecule has 1 aliphatic carbocycles. The molecule has 0 aliphatic heterocycles. The molecule has 1 aliphatic rings. The summed E-state index contributed by atoms with van der Waals surface area (Å²) in [5.41, 5.74) is 2.37. The van der Waals surface area contributed by atoms with Gasteiger partial charge in [0.25, 0.3) is 8.41 Å². The zero-order chi connectivity index (χ0) is 19.3. The van der Waals surface area contributed by atoms with E-state index >= 15 is 4.11 Å². The van der Waals surface area contributed by atoms with Gasteiger partial charge in [-0.3, -0.25) is 4.79 Å². The van der Waals surface area contributed by atoms with Crippen molar-refractivity contribution in [1.29, 1.82) is 0 Å². The number of fused-ring (bicyclic) bond motifs is 1. The highest BCUT2D eigenvalue weighted by molar-refractivity contribution is 6.75. The van der Waals surface area contributed by atoms with Gasteiger partial charge in [0.1, 0.15) is 0 Å². The smallest absolute Gasteiger partial charge is 0.252 e. The number of aryl methyl sites for hydroxylation is 1. The van der Waals surface area contributed by atoms with Gasteiger partial charge in [-0.1, -0.05) is 58.0 Å². The molecule has 3 heteroatoms. The number of allylic oxidation sites excluding steroid dienone is 1. The number of carbonyl (C=O) groups is 1. The van der Waals surface area contributed by atoms with E-state index in [2.05, 4.69) is 12.6 Å². The quantitative estimate of drug-likeness (QED) is 0.255. The molecule has 0 saturated heterocycles. The van der Waals surface area contributed by atoms with Gasteiger partial charge in [-0.2, -0.15) is 0 Å². The molecule has 1 aromatic rings. The van der Waals surface area contributed by atoms with E-state index in [4.69, 9.17) is 0 Å². The first-order chi connectivity index (χ1) is 12.3. The second kappa shape index (κ2) is 9.12. The van der Waals surface area contributed by atoms with Gasteiger partial charge in [-0.15, -0.1) is 6.58 Å². The fraction of sp³-hybridized carbons (Fsp3) is 0.609. The van der Waals surface area contributed by atoms with Gasteiger partial charge in [0.05, 0.1) is 0 Å². The largest absolute Gasteiger partial charge is 0.313 e. The van der Waals surface area contributed by atoms with Crippen LogP contribution in [-0.2, 0) is 6.42 Å². The minimum atomic E-state index is -2.80. The number of halogens is 1. The third-order valence-corrected chi connectivity index (χ3v) is 11.4.